The van der Waals surface area contributed by atoms with Gasteiger partial charge in [0, 0.05) is 16.8 Å². The number of nitrogens with zero attached hydrogens (tertiary/aromatic N) is 2. The number of phenolic OH excluding ortho intramolecular Hbond substituents is 1. The molecule has 3 rings (SSSR count). The summed E-state index contributed by atoms with van der Waals surface area (Å²) in [5, 5.41) is 11.1. The van der Waals surface area contributed by atoms with Crippen LogP contribution in [-0.4, -0.2) is 42.5 Å². The molecule has 5 heteroatoms. The van der Waals surface area contributed by atoms with Crippen molar-refractivity contribution >= 4 is 17.8 Å². The number of hydrogen-bond donors (Lipinski definition) is 1. The predicted octanol–water partition coefficient (Wildman–Crippen LogP) is 4.70. The van der Waals surface area contributed by atoms with Crippen LogP contribution < -0.4 is 4.74 Å². The lowest BCUT2D eigenvalue weighted by Gasteiger charge is -2.27. The standard InChI is InChI=1S/C21H25ClN2O2/c1-2-26-20-11-7-8-16(21(20)25)14-23-15-19(24-12-5-6-13-24)17-9-3-4-10-18(17)22/h3-4,7-11,14,19,25H,2,5-6,12-13,15H2,1H3/t19-/m0/s1. The molecule has 0 saturated carbocycles. The molecule has 0 bridgehead atoms. The number of hydrogen-bond acceptors (Lipinski definition) is 4. The minimum Gasteiger partial charge on any atom is -0.504 e. The number of rotatable bonds is 7. The molecule has 0 unspecified atom stereocenters. The summed E-state index contributed by atoms with van der Waals surface area (Å²) in [4.78, 5) is 7.06. The third-order valence-electron chi connectivity index (χ3n) is 4.68. The molecule has 1 fully saturated rings. The molecule has 0 aromatic heterocycles. The zero-order valence-electron chi connectivity index (χ0n) is 15.1. The zero-order chi connectivity index (χ0) is 18.4. The molecule has 0 aliphatic carbocycles. The summed E-state index contributed by atoms with van der Waals surface area (Å²) in [6, 6.07) is 13.6. The van der Waals surface area contributed by atoms with Gasteiger partial charge in [0.25, 0.3) is 0 Å². The zero-order valence-corrected chi connectivity index (χ0v) is 15.8. The van der Waals surface area contributed by atoms with E-state index in [1.807, 2.05) is 37.3 Å². The number of ether oxygens (including phenoxy) is 1. The highest BCUT2D eigenvalue weighted by atomic mass is 35.5. The highest BCUT2D eigenvalue weighted by molar-refractivity contribution is 6.31. The molecule has 1 saturated heterocycles. The van der Waals surface area contributed by atoms with Crippen LogP contribution in [0.2, 0.25) is 5.02 Å². The average molecular weight is 373 g/mol. The maximum atomic E-state index is 10.3. The molecule has 4 nitrogen and oxygen atoms in total. The molecule has 138 valence electrons. The van der Waals surface area contributed by atoms with Crippen LogP contribution in [0.5, 0.6) is 11.5 Å². The highest BCUT2D eigenvalue weighted by Crippen LogP contribution is 2.31. The van der Waals surface area contributed by atoms with Crippen LogP contribution in [0, 0.1) is 0 Å². The fourth-order valence-electron chi connectivity index (χ4n) is 3.38. The van der Waals surface area contributed by atoms with Crippen molar-refractivity contribution in [3.8, 4) is 11.5 Å². The molecule has 26 heavy (non-hydrogen) atoms. The van der Waals surface area contributed by atoms with E-state index < -0.39 is 0 Å². The number of aliphatic imine (C=N–C) groups is 1. The largest absolute Gasteiger partial charge is 0.504 e. The Morgan fingerprint density at radius 2 is 1.96 bits per heavy atom. The summed E-state index contributed by atoms with van der Waals surface area (Å²) in [5.74, 6) is 0.618. The Bertz CT molecular complexity index is 757. The van der Waals surface area contributed by atoms with Crippen molar-refractivity contribution in [1.29, 1.82) is 0 Å². The molecule has 2 aromatic rings. The van der Waals surface area contributed by atoms with Crippen molar-refractivity contribution in [3.63, 3.8) is 0 Å². The first kappa shape index (κ1) is 18.7. The van der Waals surface area contributed by atoms with Gasteiger partial charge in [0.15, 0.2) is 11.5 Å². The van der Waals surface area contributed by atoms with Gasteiger partial charge in [0.05, 0.1) is 19.2 Å². The van der Waals surface area contributed by atoms with E-state index in [4.69, 9.17) is 16.3 Å². The van der Waals surface area contributed by atoms with E-state index >= 15 is 0 Å². The molecule has 1 atom stereocenters. The van der Waals surface area contributed by atoms with Gasteiger partial charge in [-0.3, -0.25) is 9.89 Å². The fourth-order valence-corrected chi connectivity index (χ4v) is 3.64. The molecular formula is C21H25ClN2O2. The van der Waals surface area contributed by atoms with Gasteiger partial charge in [-0.1, -0.05) is 35.9 Å². The second kappa shape index (κ2) is 9.06. The monoisotopic (exact) mass is 372 g/mol. The summed E-state index contributed by atoms with van der Waals surface area (Å²) in [6.45, 7) is 5.14. The SMILES string of the molecule is CCOc1cccc(C=NC[C@@H](c2ccccc2Cl)N2CCCC2)c1O. The fraction of sp³-hybridized carbons (Fsp3) is 0.381. The van der Waals surface area contributed by atoms with Gasteiger partial charge < -0.3 is 9.84 Å². The molecule has 0 amide bonds. The second-order valence-corrected chi connectivity index (χ2v) is 6.81. The van der Waals surface area contributed by atoms with Gasteiger partial charge in [-0.15, -0.1) is 0 Å². The maximum Gasteiger partial charge on any atom is 0.166 e. The third kappa shape index (κ3) is 4.37. The van der Waals surface area contributed by atoms with Crippen molar-refractivity contribution in [2.24, 2.45) is 4.99 Å². The summed E-state index contributed by atoms with van der Waals surface area (Å²) in [6.07, 6.45) is 4.14. The Morgan fingerprint density at radius 1 is 1.19 bits per heavy atom. The normalized spacial score (nSPS) is 16.2. The number of phenols is 1. The molecular weight excluding hydrogens is 348 g/mol. The molecule has 1 aliphatic rings. The Hall–Kier alpha value is -2.04. The Morgan fingerprint density at radius 3 is 2.69 bits per heavy atom. The molecule has 0 spiro atoms. The van der Waals surface area contributed by atoms with Gasteiger partial charge in [-0.05, 0) is 56.6 Å². The van der Waals surface area contributed by atoms with E-state index in [0.717, 1.165) is 23.7 Å². The van der Waals surface area contributed by atoms with Crippen LogP contribution in [-0.2, 0) is 0 Å². The van der Waals surface area contributed by atoms with Crippen LogP contribution in [0.15, 0.2) is 47.5 Å². The number of halogens is 1. The van der Waals surface area contributed by atoms with Gasteiger partial charge >= 0.3 is 0 Å². The molecule has 1 N–H and O–H groups in total. The van der Waals surface area contributed by atoms with E-state index in [9.17, 15) is 5.11 Å². The number of aromatic hydroxyl groups is 1. The Labute approximate surface area is 160 Å². The van der Waals surface area contributed by atoms with Crippen molar-refractivity contribution in [1.82, 2.24) is 4.90 Å². The third-order valence-corrected chi connectivity index (χ3v) is 5.03. The van der Waals surface area contributed by atoms with Crippen LogP contribution in [0.1, 0.15) is 36.9 Å². The Kier molecular flexibility index (Phi) is 6.53. The van der Waals surface area contributed by atoms with Crippen LogP contribution in [0.25, 0.3) is 0 Å². The molecule has 0 radical (unpaired) electrons. The van der Waals surface area contributed by atoms with Crippen molar-refractivity contribution < 1.29 is 9.84 Å². The lowest BCUT2D eigenvalue weighted by molar-refractivity contribution is 0.252. The van der Waals surface area contributed by atoms with E-state index in [0.29, 0.717) is 24.5 Å². The van der Waals surface area contributed by atoms with Crippen molar-refractivity contribution in [2.75, 3.05) is 26.2 Å². The number of para-hydroxylation sites is 1. The Balaban J connectivity index is 1.79. The first-order chi connectivity index (χ1) is 12.7. The quantitative estimate of drug-likeness (QED) is 0.716. The summed E-state index contributed by atoms with van der Waals surface area (Å²) in [7, 11) is 0. The van der Waals surface area contributed by atoms with Crippen LogP contribution >= 0.6 is 11.6 Å². The number of benzene rings is 2. The minimum absolute atomic E-state index is 0.133. The van der Waals surface area contributed by atoms with Gasteiger partial charge in [-0.25, -0.2) is 0 Å². The average Bonchev–Trinajstić information content (AvgIpc) is 3.17. The highest BCUT2D eigenvalue weighted by Gasteiger charge is 2.24. The lowest BCUT2D eigenvalue weighted by atomic mass is 10.1. The van der Waals surface area contributed by atoms with E-state index in [-0.39, 0.29) is 11.8 Å². The summed E-state index contributed by atoms with van der Waals surface area (Å²) < 4.78 is 5.43. The maximum absolute atomic E-state index is 10.3. The lowest BCUT2D eigenvalue weighted by Crippen LogP contribution is -2.28. The van der Waals surface area contributed by atoms with Gasteiger partial charge in [-0.2, -0.15) is 0 Å². The van der Waals surface area contributed by atoms with Crippen molar-refractivity contribution in [2.45, 2.75) is 25.8 Å². The topological polar surface area (TPSA) is 45.1 Å². The van der Waals surface area contributed by atoms with E-state index in [1.165, 1.54) is 12.8 Å². The molecule has 1 aliphatic heterocycles. The van der Waals surface area contributed by atoms with Crippen LogP contribution in [0.4, 0.5) is 0 Å². The summed E-state index contributed by atoms with van der Waals surface area (Å²) >= 11 is 6.44. The second-order valence-electron chi connectivity index (χ2n) is 6.40. The first-order valence-electron chi connectivity index (χ1n) is 9.13. The minimum atomic E-state index is 0.133. The van der Waals surface area contributed by atoms with Gasteiger partial charge in [0.1, 0.15) is 0 Å². The number of likely N-dealkylation sites (tertiary alicyclic amines) is 1. The molecule has 2 aromatic carbocycles. The van der Waals surface area contributed by atoms with E-state index in [2.05, 4.69) is 16.0 Å². The first-order valence-corrected chi connectivity index (χ1v) is 9.51. The molecule has 1 heterocycles. The van der Waals surface area contributed by atoms with Gasteiger partial charge in [0.2, 0.25) is 0 Å². The smallest absolute Gasteiger partial charge is 0.166 e. The van der Waals surface area contributed by atoms with Crippen LogP contribution in [0.3, 0.4) is 0 Å². The van der Waals surface area contributed by atoms with E-state index in [1.54, 1.807) is 12.3 Å². The predicted molar refractivity (Wildman–Crippen MR) is 107 cm³/mol. The summed E-state index contributed by atoms with van der Waals surface area (Å²) in [5.41, 5.74) is 1.77. The van der Waals surface area contributed by atoms with Crippen molar-refractivity contribution in [3.05, 3.63) is 58.6 Å².